The second-order valence-corrected chi connectivity index (χ2v) is 6.30. The first kappa shape index (κ1) is 16.6. The molecule has 1 heterocycles. The highest BCUT2D eigenvalue weighted by Gasteiger charge is 2.37. The third kappa shape index (κ3) is 3.17. The molecule has 2 aromatic carbocycles. The molecular formula is C17H13BrF2N2O2. The summed E-state index contributed by atoms with van der Waals surface area (Å²) in [5.74, 6) is -3.17. The van der Waals surface area contributed by atoms with Crippen molar-refractivity contribution >= 4 is 39.1 Å². The number of carbonyl (C=O) groups is 2. The van der Waals surface area contributed by atoms with Gasteiger partial charge in [0.2, 0.25) is 11.8 Å². The number of nitrogens with zero attached hydrogens (tertiary/aromatic N) is 1. The number of amides is 2. The monoisotopic (exact) mass is 394 g/mol. The minimum atomic E-state index is -0.824. The van der Waals surface area contributed by atoms with E-state index >= 15 is 0 Å². The number of benzene rings is 2. The largest absolute Gasteiger partial charge is 0.325 e. The van der Waals surface area contributed by atoms with Crippen LogP contribution in [0.4, 0.5) is 20.2 Å². The average molecular weight is 395 g/mol. The average Bonchev–Trinajstić information content (AvgIpc) is 2.91. The van der Waals surface area contributed by atoms with E-state index in [0.29, 0.717) is 10.2 Å². The van der Waals surface area contributed by atoms with Crippen LogP contribution in [0, 0.1) is 17.6 Å². The van der Waals surface area contributed by atoms with Gasteiger partial charge in [-0.2, -0.15) is 0 Å². The summed E-state index contributed by atoms with van der Waals surface area (Å²) in [6, 6.07) is 10.5. The number of rotatable bonds is 3. The number of nitrogens with one attached hydrogen (secondary N) is 1. The smallest absolute Gasteiger partial charge is 0.229 e. The molecule has 0 spiro atoms. The Bertz CT molecular complexity index is 793. The summed E-state index contributed by atoms with van der Waals surface area (Å²) < 4.78 is 28.4. The van der Waals surface area contributed by atoms with Crippen molar-refractivity contribution in [1.82, 2.24) is 0 Å². The third-order valence-electron chi connectivity index (χ3n) is 3.84. The minimum Gasteiger partial charge on any atom is -0.325 e. The Morgan fingerprint density at radius 2 is 1.79 bits per heavy atom. The van der Waals surface area contributed by atoms with Crippen LogP contribution in [0.2, 0.25) is 0 Å². The van der Waals surface area contributed by atoms with E-state index in [1.165, 1.54) is 6.07 Å². The van der Waals surface area contributed by atoms with Gasteiger partial charge in [-0.1, -0.05) is 18.2 Å². The molecule has 0 bridgehead atoms. The predicted molar refractivity (Wildman–Crippen MR) is 89.6 cm³/mol. The SMILES string of the molecule is O=C(Nc1ccccc1Br)C1CC(=O)N(c2c(F)cccc2F)C1. The molecule has 2 aromatic rings. The molecule has 1 aliphatic rings. The summed E-state index contributed by atoms with van der Waals surface area (Å²) in [4.78, 5) is 25.5. The van der Waals surface area contributed by atoms with Crippen LogP contribution in [0.3, 0.4) is 0 Å². The van der Waals surface area contributed by atoms with Crippen LogP contribution >= 0.6 is 15.9 Å². The summed E-state index contributed by atoms with van der Waals surface area (Å²) in [5.41, 5.74) is 0.171. The molecule has 24 heavy (non-hydrogen) atoms. The third-order valence-corrected chi connectivity index (χ3v) is 4.53. The van der Waals surface area contributed by atoms with Crippen LogP contribution < -0.4 is 10.2 Å². The van der Waals surface area contributed by atoms with Gasteiger partial charge >= 0.3 is 0 Å². The molecule has 3 rings (SSSR count). The lowest BCUT2D eigenvalue weighted by atomic mass is 10.1. The maximum Gasteiger partial charge on any atom is 0.229 e. The van der Waals surface area contributed by atoms with Crippen molar-refractivity contribution in [3.8, 4) is 0 Å². The molecule has 0 saturated carbocycles. The topological polar surface area (TPSA) is 49.4 Å². The summed E-state index contributed by atoms with van der Waals surface area (Å²) >= 11 is 3.32. The number of anilines is 2. The van der Waals surface area contributed by atoms with Gasteiger partial charge in [-0.25, -0.2) is 8.78 Å². The summed E-state index contributed by atoms with van der Waals surface area (Å²) in [5, 5.41) is 2.72. The molecule has 1 unspecified atom stereocenters. The van der Waals surface area contributed by atoms with Gasteiger partial charge in [-0.05, 0) is 40.2 Å². The first-order valence-corrected chi connectivity index (χ1v) is 8.06. The highest BCUT2D eigenvalue weighted by molar-refractivity contribution is 9.10. The van der Waals surface area contributed by atoms with Crippen LogP contribution in [0.25, 0.3) is 0 Å². The number of para-hydroxylation sites is 2. The van der Waals surface area contributed by atoms with Crippen molar-refractivity contribution in [2.45, 2.75) is 6.42 Å². The van der Waals surface area contributed by atoms with Crippen LogP contribution in [-0.2, 0) is 9.59 Å². The molecule has 1 saturated heterocycles. The Kier molecular flexibility index (Phi) is 4.62. The van der Waals surface area contributed by atoms with Crippen molar-refractivity contribution in [1.29, 1.82) is 0 Å². The highest BCUT2D eigenvalue weighted by atomic mass is 79.9. The molecule has 1 fully saturated rings. The first-order valence-electron chi connectivity index (χ1n) is 7.27. The lowest BCUT2D eigenvalue weighted by Gasteiger charge is -2.18. The fraction of sp³-hybridized carbons (Fsp3) is 0.176. The number of hydrogen-bond acceptors (Lipinski definition) is 2. The second kappa shape index (κ2) is 6.68. The van der Waals surface area contributed by atoms with E-state index < -0.39 is 29.1 Å². The van der Waals surface area contributed by atoms with Crippen molar-refractivity contribution in [3.05, 3.63) is 58.6 Å². The van der Waals surface area contributed by atoms with Gasteiger partial charge in [0.15, 0.2) is 0 Å². The van der Waals surface area contributed by atoms with E-state index in [1.54, 1.807) is 18.2 Å². The van der Waals surface area contributed by atoms with Gasteiger partial charge in [-0.15, -0.1) is 0 Å². The van der Waals surface area contributed by atoms with Crippen molar-refractivity contribution in [2.75, 3.05) is 16.8 Å². The van der Waals surface area contributed by atoms with Crippen molar-refractivity contribution < 1.29 is 18.4 Å². The standard InChI is InChI=1S/C17H13BrF2N2O2/c18-11-4-1-2-7-14(11)21-17(24)10-8-15(23)22(9-10)16-12(19)5-3-6-13(16)20/h1-7,10H,8-9H2,(H,21,24). The predicted octanol–water partition coefficient (Wildman–Crippen LogP) is 3.72. The normalized spacial score (nSPS) is 17.2. The van der Waals surface area contributed by atoms with E-state index in [1.807, 2.05) is 6.07 Å². The van der Waals surface area contributed by atoms with Gasteiger partial charge in [0.05, 0.1) is 11.6 Å². The summed E-state index contributed by atoms with van der Waals surface area (Å²) in [6.45, 7) is -0.0625. The Morgan fingerprint density at radius 1 is 1.12 bits per heavy atom. The van der Waals surface area contributed by atoms with E-state index in [9.17, 15) is 18.4 Å². The lowest BCUT2D eigenvalue weighted by molar-refractivity contribution is -0.122. The molecule has 1 N–H and O–H groups in total. The minimum absolute atomic E-state index is 0.0625. The van der Waals surface area contributed by atoms with E-state index in [0.717, 1.165) is 17.0 Å². The first-order chi connectivity index (χ1) is 11.5. The van der Waals surface area contributed by atoms with Gasteiger partial charge < -0.3 is 10.2 Å². The molecule has 7 heteroatoms. The van der Waals surface area contributed by atoms with E-state index in [4.69, 9.17) is 0 Å². The van der Waals surface area contributed by atoms with Gasteiger partial charge in [0.25, 0.3) is 0 Å². The molecular weight excluding hydrogens is 382 g/mol. The molecule has 2 amide bonds. The fourth-order valence-electron chi connectivity index (χ4n) is 2.64. The molecule has 0 radical (unpaired) electrons. The highest BCUT2D eigenvalue weighted by Crippen LogP contribution is 2.31. The number of carbonyl (C=O) groups excluding carboxylic acids is 2. The van der Waals surface area contributed by atoms with Gasteiger partial charge in [0, 0.05) is 17.4 Å². The van der Waals surface area contributed by atoms with Crippen molar-refractivity contribution in [3.63, 3.8) is 0 Å². The van der Waals surface area contributed by atoms with Crippen LogP contribution in [0.1, 0.15) is 6.42 Å². The number of halogens is 3. The van der Waals surface area contributed by atoms with Gasteiger partial charge in [-0.3, -0.25) is 9.59 Å². The Labute approximate surface area is 145 Å². The molecule has 1 aliphatic heterocycles. The lowest BCUT2D eigenvalue weighted by Crippen LogP contribution is -2.29. The van der Waals surface area contributed by atoms with E-state index in [-0.39, 0.29) is 18.9 Å². The second-order valence-electron chi connectivity index (χ2n) is 5.44. The fourth-order valence-corrected chi connectivity index (χ4v) is 3.03. The molecule has 1 atom stereocenters. The zero-order valence-corrected chi connectivity index (χ0v) is 14.0. The van der Waals surface area contributed by atoms with E-state index in [2.05, 4.69) is 21.2 Å². The maximum absolute atomic E-state index is 13.9. The zero-order valence-electron chi connectivity index (χ0n) is 12.4. The molecule has 0 aromatic heterocycles. The maximum atomic E-state index is 13.9. The quantitative estimate of drug-likeness (QED) is 0.862. The summed E-state index contributed by atoms with van der Waals surface area (Å²) in [7, 11) is 0. The van der Waals surface area contributed by atoms with Crippen molar-refractivity contribution in [2.24, 2.45) is 5.92 Å². The summed E-state index contributed by atoms with van der Waals surface area (Å²) in [6.07, 6.45) is -0.0932. The Morgan fingerprint density at radius 3 is 2.46 bits per heavy atom. The molecule has 4 nitrogen and oxygen atoms in total. The Hall–Kier alpha value is -2.28. The molecule has 0 aliphatic carbocycles. The Balaban J connectivity index is 1.77. The van der Waals surface area contributed by atoms with Crippen LogP contribution in [-0.4, -0.2) is 18.4 Å². The zero-order chi connectivity index (χ0) is 17.3. The van der Waals surface area contributed by atoms with Crippen LogP contribution in [0.5, 0.6) is 0 Å². The van der Waals surface area contributed by atoms with Gasteiger partial charge in [0.1, 0.15) is 17.3 Å². The van der Waals surface area contributed by atoms with Crippen LogP contribution in [0.15, 0.2) is 46.9 Å². The number of hydrogen-bond donors (Lipinski definition) is 1. The molecule has 124 valence electrons.